The van der Waals surface area contributed by atoms with Crippen molar-refractivity contribution in [2.75, 3.05) is 13.7 Å². The number of nitrogens with one attached hydrogen (secondary N) is 3. The first-order valence-corrected chi connectivity index (χ1v) is 11.8. The van der Waals surface area contributed by atoms with Crippen LogP contribution in [-0.2, 0) is 14.3 Å². The number of amides is 2. The topological polar surface area (TPSA) is 109 Å². The van der Waals surface area contributed by atoms with E-state index in [4.69, 9.17) is 21.1 Å². The second-order valence-electron chi connectivity index (χ2n) is 9.43. The van der Waals surface area contributed by atoms with E-state index in [2.05, 4.69) is 16.0 Å². The lowest BCUT2D eigenvalue weighted by atomic mass is 9.59. The van der Waals surface area contributed by atoms with Crippen LogP contribution in [0.2, 0.25) is 5.02 Å². The van der Waals surface area contributed by atoms with Crippen molar-refractivity contribution in [1.29, 1.82) is 0 Å². The first-order chi connectivity index (χ1) is 15.7. The van der Waals surface area contributed by atoms with Crippen LogP contribution in [0.1, 0.15) is 51.4 Å². The minimum Gasteiger partial charge on any atom is -0.484 e. The molecule has 4 aliphatic rings. The van der Waals surface area contributed by atoms with Gasteiger partial charge in [-0.3, -0.25) is 14.9 Å². The lowest BCUT2D eigenvalue weighted by Crippen LogP contribution is -2.71. The molecule has 1 heterocycles. The van der Waals surface area contributed by atoms with E-state index in [0.29, 0.717) is 32.1 Å². The van der Waals surface area contributed by atoms with Gasteiger partial charge in [-0.1, -0.05) is 11.6 Å². The Morgan fingerprint density at radius 1 is 1.24 bits per heavy atom. The Labute approximate surface area is 197 Å². The first-order valence-electron chi connectivity index (χ1n) is 11.4. The van der Waals surface area contributed by atoms with Gasteiger partial charge in [0.1, 0.15) is 17.8 Å². The number of rotatable bonds is 7. The third-order valence-corrected chi connectivity index (χ3v) is 7.61. The van der Waals surface area contributed by atoms with Crippen molar-refractivity contribution in [3.05, 3.63) is 29.0 Å². The largest absolute Gasteiger partial charge is 0.484 e. The Morgan fingerprint density at radius 3 is 2.67 bits per heavy atom. The molecule has 2 bridgehead atoms. The van der Waals surface area contributed by atoms with E-state index in [1.807, 2.05) is 0 Å². The number of halogens is 2. The maximum absolute atomic E-state index is 13.5. The Bertz CT molecular complexity index is 893. The molecule has 10 heteroatoms. The Kier molecular flexibility index (Phi) is 7.14. The maximum atomic E-state index is 13.5. The number of benzene rings is 1. The highest BCUT2D eigenvalue weighted by molar-refractivity contribution is 6.30. The average molecular weight is 484 g/mol. The summed E-state index contributed by atoms with van der Waals surface area (Å²) in [5.41, 5.74) is -1.22. The zero-order chi connectivity index (χ0) is 23.6. The number of methoxy groups -OCH3 is 1. The first kappa shape index (κ1) is 24.2. The van der Waals surface area contributed by atoms with E-state index in [9.17, 15) is 19.1 Å². The van der Waals surface area contributed by atoms with Gasteiger partial charge in [0.25, 0.3) is 5.91 Å². The van der Waals surface area contributed by atoms with Crippen molar-refractivity contribution in [1.82, 2.24) is 16.0 Å². The van der Waals surface area contributed by atoms with E-state index < -0.39 is 23.0 Å². The average Bonchev–Trinajstić information content (AvgIpc) is 2.81. The van der Waals surface area contributed by atoms with E-state index in [0.717, 1.165) is 25.3 Å². The van der Waals surface area contributed by atoms with Gasteiger partial charge >= 0.3 is 0 Å². The monoisotopic (exact) mass is 483 g/mol. The molecule has 182 valence electrons. The van der Waals surface area contributed by atoms with Crippen molar-refractivity contribution in [3.8, 4) is 5.75 Å². The molecule has 3 saturated carbocycles. The molecular formula is C23H31ClFN3O5. The van der Waals surface area contributed by atoms with Crippen LogP contribution in [0.3, 0.4) is 0 Å². The summed E-state index contributed by atoms with van der Waals surface area (Å²) in [7, 11) is 1.63. The molecular weight excluding hydrogens is 453 g/mol. The summed E-state index contributed by atoms with van der Waals surface area (Å²) in [6.07, 6.45) is 4.45. The van der Waals surface area contributed by atoms with Crippen molar-refractivity contribution in [2.24, 2.45) is 0 Å². The van der Waals surface area contributed by atoms with Crippen LogP contribution in [0.4, 0.5) is 4.39 Å². The Morgan fingerprint density at radius 2 is 2.00 bits per heavy atom. The van der Waals surface area contributed by atoms with E-state index in [1.54, 1.807) is 7.11 Å². The predicted octanol–water partition coefficient (Wildman–Crippen LogP) is 2.02. The summed E-state index contributed by atoms with van der Waals surface area (Å²) in [6, 6.07) is 3.66. The van der Waals surface area contributed by atoms with Crippen LogP contribution in [0, 0.1) is 5.82 Å². The molecule has 5 rings (SSSR count). The van der Waals surface area contributed by atoms with Crippen LogP contribution in [-0.4, -0.2) is 60.1 Å². The molecule has 3 atom stereocenters. The Balaban J connectivity index is 1.30. The number of hydrogen-bond donors (Lipinski definition) is 4. The standard InChI is InChI=1S/C23H31ClFN3O5/c1-32-20-4-2-3-17(26-20)21(31)28-22-7-9-23(10-8-22,18(29)12-22)27-19(30)13-33-14-5-6-15(24)16(25)11-14/h5-6,11,17-18,20,26,29H,2-4,7-10,12-13H2,1H3,(H,27,30)(H,28,31). The quantitative estimate of drug-likeness (QED) is 0.472. The molecule has 3 unspecified atom stereocenters. The Hall–Kier alpha value is -1.94. The number of carbonyl (C=O) groups is 2. The molecule has 0 spiro atoms. The van der Waals surface area contributed by atoms with Gasteiger partial charge in [0.2, 0.25) is 5.91 Å². The third-order valence-electron chi connectivity index (χ3n) is 7.31. The number of hydrogen-bond acceptors (Lipinski definition) is 6. The lowest BCUT2D eigenvalue weighted by molar-refractivity contribution is -0.138. The zero-order valence-electron chi connectivity index (χ0n) is 18.7. The smallest absolute Gasteiger partial charge is 0.258 e. The molecule has 8 nitrogen and oxygen atoms in total. The summed E-state index contributed by atoms with van der Waals surface area (Å²) < 4.78 is 24.3. The van der Waals surface area contributed by atoms with Crippen molar-refractivity contribution in [3.63, 3.8) is 0 Å². The van der Waals surface area contributed by atoms with E-state index in [-0.39, 0.29) is 41.5 Å². The molecule has 1 aliphatic heterocycles. The number of aliphatic hydroxyl groups excluding tert-OH is 1. The molecule has 0 aromatic heterocycles. The second-order valence-corrected chi connectivity index (χ2v) is 9.84. The molecule has 0 radical (unpaired) electrons. The highest BCUT2D eigenvalue weighted by Gasteiger charge is 2.55. The molecule has 3 aliphatic carbocycles. The lowest BCUT2D eigenvalue weighted by Gasteiger charge is -2.56. The van der Waals surface area contributed by atoms with Crippen LogP contribution in [0.15, 0.2) is 18.2 Å². The fraction of sp³-hybridized carbons (Fsp3) is 0.652. The van der Waals surface area contributed by atoms with Gasteiger partial charge in [-0.2, -0.15) is 0 Å². The summed E-state index contributed by atoms with van der Waals surface area (Å²) in [5.74, 6) is -0.875. The van der Waals surface area contributed by atoms with Gasteiger partial charge in [0.05, 0.1) is 22.7 Å². The van der Waals surface area contributed by atoms with Crippen LogP contribution < -0.4 is 20.7 Å². The summed E-state index contributed by atoms with van der Waals surface area (Å²) >= 11 is 5.66. The number of ether oxygens (including phenoxy) is 2. The predicted molar refractivity (Wildman–Crippen MR) is 119 cm³/mol. The van der Waals surface area contributed by atoms with Crippen molar-refractivity contribution < 1.29 is 28.6 Å². The van der Waals surface area contributed by atoms with Crippen LogP contribution in [0.5, 0.6) is 5.75 Å². The molecule has 2 amide bonds. The zero-order valence-corrected chi connectivity index (χ0v) is 19.4. The summed E-state index contributed by atoms with van der Waals surface area (Å²) in [5, 5.41) is 20.2. The fourth-order valence-electron chi connectivity index (χ4n) is 5.33. The minimum absolute atomic E-state index is 0.0217. The SMILES string of the molecule is COC1CCCC(C(=O)NC23CCC(NC(=O)COc4ccc(Cl)c(F)c4)(CC2)C(O)C3)N1. The molecule has 4 fully saturated rings. The van der Waals surface area contributed by atoms with Gasteiger partial charge < -0.3 is 25.2 Å². The highest BCUT2D eigenvalue weighted by atomic mass is 35.5. The molecule has 1 saturated heterocycles. The third kappa shape index (κ3) is 5.26. The van der Waals surface area contributed by atoms with Gasteiger partial charge in [0.15, 0.2) is 6.61 Å². The molecule has 4 N–H and O–H groups in total. The summed E-state index contributed by atoms with van der Waals surface area (Å²) in [6.45, 7) is -0.300. The van der Waals surface area contributed by atoms with Crippen LogP contribution >= 0.6 is 11.6 Å². The van der Waals surface area contributed by atoms with Gasteiger partial charge in [-0.05, 0) is 63.5 Å². The molecule has 1 aromatic rings. The number of aliphatic hydroxyl groups is 1. The molecule has 33 heavy (non-hydrogen) atoms. The van der Waals surface area contributed by atoms with Gasteiger partial charge in [-0.25, -0.2) is 4.39 Å². The number of fused-ring (bicyclic) bond motifs is 3. The fourth-order valence-corrected chi connectivity index (χ4v) is 5.45. The molecule has 1 aromatic carbocycles. The van der Waals surface area contributed by atoms with Gasteiger partial charge in [-0.15, -0.1) is 0 Å². The number of piperidine rings is 1. The minimum atomic E-state index is -0.789. The number of carbonyl (C=O) groups excluding carboxylic acids is 2. The van der Waals surface area contributed by atoms with E-state index in [1.165, 1.54) is 12.1 Å². The highest BCUT2D eigenvalue weighted by Crippen LogP contribution is 2.47. The van der Waals surface area contributed by atoms with Crippen LogP contribution in [0.25, 0.3) is 0 Å². The normalized spacial score (nSPS) is 33.4. The summed E-state index contributed by atoms with van der Waals surface area (Å²) in [4.78, 5) is 25.4. The second kappa shape index (κ2) is 9.74. The van der Waals surface area contributed by atoms with Crippen molar-refractivity contribution >= 4 is 23.4 Å². The maximum Gasteiger partial charge on any atom is 0.258 e. The van der Waals surface area contributed by atoms with E-state index >= 15 is 0 Å². The van der Waals surface area contributed by atoms with Crippen molar-refractivity contribution in [2.45, 2.75) is 80.8 Å². The van der Waals surface area contributed by atoms with Gasteiger partial charge in [0, 0.05) is 18.7 Å².